The van der Waals surface area contributed by atoms with Crippen molar-refractivity contribution in [1.82, 2.24) is 15.0 Å². The van der Waals surface area contributed by atoms with E-state index in [-0.39, 0.29) is 5.91 Å². The Morgan fingerprint density at radius 3 is 2.65 bits per heavy atom. The highest BCUT2D eigenvalue weighted by Crippen LogP contribution is 2.26. The van der Waals surface area contributed by atoms with Crippen molar-refractivity contribution in [3.8, 4) is 17.1 Å². The lowest BCUT2D eigenvalue weighted by Crippen LogP contribution is -2.42. The lowest BCUT2D eigenvalue weighted by molar-refractivity contribution is 0.0651. The van der Waals surface area contributed by atoms with Crippen LogP contribution >= 0.6 is 0 Å². The maximum Gasteiger partial charge on any atom is 0.255 e. The van der Waals surface area contributed by atoms with Crippen LogP contribution in [0.5, 0.6) is 5.88 Å². The van der Waals surface area contributed by atoms with Gasteiger partial charge >= 0.3 is 0 Å². The van der Waals surface area contributed by atoms with Crippen molar-refractivity contribution in [1.29, 1.82) is 0 Å². The van der Waals surface area contributed by atoms with Gasteiger partial charge in [0.2, 0.25) is 5.88 Å². The molecule has 6 nitrogen and oxygen atoms in total. The van der Waals surface area contributed by atoms with Crippen molar-refractivity contribution in [2.75, 3.05) is 13.1 Å². The topological polar surface area (TPSA) is 68.5 Å². The van der Waals surface area contributed by atoms with Gasteiger partial charge in [-0.25, -0.2) is 4.98 Å². The van der Waals surface area contributed by atoms with Gasteiger partial charge in [-0.3, -0.25) is 4.79 Å². The van der Waals surface area contributed by atoms with Crippen LogP contribution in [0, 0.1) is 6.92 Å². The zero-order valence-electron chi connectivity index (χ0n) is 14.5. The minimum atomic E-state index is 0.0246. The summed E-state index contributed by atoms with van der Waals surface area (Å²) in [4.78, 5) is 18.2. The highest BCUT2D eigenvalue weighted by Gasteiger charge is 2.22. The van der Waals surface area contributed by atoms with Gasteiger partial charge < -0.3 is 14.2 Å². The fraction of sp³-hybridized carbons (Fsp3) is 0.250. The van der Waals surface area contributed by atoms with Crippen molar-refractivity contribution in [2.24, 2.45) is 0 Å². The number of hydrogen-bond acceptors (Lipinski definition) is 5. The predicted molar refractivity (Wildman–Crippen MR) is 95.8 cm³/mol. The number of amides is 1. The van der Waals surface area contributed by atoms with Crippen LogP contribution in [0.25, 0.3) is 11.3 Å². The first-order valence-electron chi connectivity index (χ1n) is 8.61. The molecular formula is C20H19N3O3. The van der Waals surface area contributed by atoms with Crippen LogP contribution in [0.1, 0.15) is 28.1 Å². The summed E-state index contributed by atoms with van der Waals surface area (Å²) in [6.45, 7) is 3.81. The van der Waals surface area contributed by atoms with Gasteiger partial charge in [-0.1, -0.05) is 35.5 Å². The number of pyridine rings is 1. The number of aryl methyl sites for hydroxylation is 1. The largest absolute Gasteiger partial charge is 0.473 e. The highest BCUT2D eigenvalue weighted by atomic mass is 16.5. The maximum absolute atomic E-state index is 12.2. The molecule has 1 aromatic carbocycles. The molecule has 0 radical (unpaired) electrons. The fourth-order valence-corrected chi connectivity index (χ4v) is 2.82. The van der Waals surface area contributed by atoms with E-state index in [1.807, 2.05) is 42.2 Å². The Balaban J connectivity index is 1.46. The normalized spacial score (nSPS) is 13.3. The van der Waals surface area contributed by atoms with Gasteiger partial charge in [-0.2, -0.15) is 0 Å². The van der Waals surface area contributed by atoms with E-state index in [0.29, 0.717) is 23.8 Å². The van der Waals surface area contributed by atoms with E-state index in [1.54, 1.807) is 18.3 Å². The number of likely N-dealkylation sites (tertiary alicyclic amines) is 1. The second-order valence-corrected chi connectivity index (χ2v) is 6.25. The Morgan fingerprint density at radius 1 is 1.19 bits per heavy atom. The van der Waals surface area contributed by atoms with Crippen LogP contribution in [0.15, 0.2) is 53.2 Å². The number of ether oxygens (including phenoxy) is 1. The first-order chi connectivity index (χ1) is 12.7. The number of hydrogen-bond donors (Lipinski definition) is 0. The summed E-state index contributed by atoms with van der Waals surface area (Å²) in [5.41, 5.74) is 3.22. The Bertz CT molecular complexity index is 900. The van der Waals surface area contributed by atoms with E-state index in [1.165, 1.54) is 0 Å². The van der Waals surface area contributed by atoms with E-state index in [9.17, 15) is 4.79 Å². The number of nitrogens with zero attached hydrogens (tertiary/aromatic N) is 3. The molecule has 0 unspecified atom stereocenters. The van der Waals surface area contributed by atoms with Crippen LogP contribution in [0.4, 0.5) is 0 Å². The van der Waals surface area contributed by atoms with Gasteiger partial charge in [0.1, 0.15) is 18.1 Å². The molecule has 1 fully saturated rings. The molecule has 3 aromatic rings. The van der Waals surface area contributed by atoms with Crippen molar-refractivity contribution in [2.45, 2.75) is 20.0 Å². The Labute approximate surface area is 151 Å². The Morgan fingerprint density at radius 2 is 2.00 bits per heavy atom. The molecular weight excluding hydrogens is 330 g/mol. The third-order valence-electron chi connectivity index (χ3n) is 4.52. The molecule has 3 heterocycles. The molecule has 6 heteroatoms. The fourth-order valence-electron chi connectivity index (χ4n) is 2.82. The summed E-state index contributed by atoms with van der Waals surface area (Å²) in [6.07, 6.45) is 2.64. The lowest BCUT2D eigenvalue weighted by Gasteiger charge is -2.30. The predicted octanol–water partition coefficient (Wildman–Crippen LogP) is 3.47. The Kier molecular flexibility index (Phi) is 4.39. The molecule has 0 N–H and O–H groups in total. The average molecular weight is 349 g/mol. The highest BCUT2D eigenvalue weighted by molar-refractivity contribution is 5.94. The smallest absolute Gasteiger partial charge is 0.255 e. The van der Waals surface area contributed by atoms with Crippen LogP contribution < -0.4 is 4.74 Å². The summed E-state index contributed by atoms with van der Waals surface area (Å²) in [6, 6.07) is 13.3. The van der Waals surface area contributed by atoms with Crippen molar-refractivity contribution < 1.29 is 14.1 Å². The second kappa shape index (κ2) is 7.00. The van der Waals surface area contributed by atoms with Crippen molar-refractivity contribution >= 4 is 5.91 Å². The summed E-state index contributed by atoms with van der Waals surface area (Å²) >= 11 is 0. The second-order valence-electron chi connectivity index (χ2n) is 6.25. The van der Waals surface area contributed by atoms with E-state index in [4.69, 9.17) is 9.26 Å². The number of carbonyl (C=O) groups excluding carboxylic acids is 1. The summed E-state index contributed by atoms with van der Waals surface area (Å²) in [5, 5.41) is 4.15. The molecule has 0 spiro atoms. The molecule has 0 bridgehead atoms. The molecule has 1 amide bonds. The summed E-state index contributed by atoms with van der Waals surface area (Å²) in [5.74, 6) is 1.20. The first kappa shape index (κ1) is 16.3. The van der Waals surface area contributed by atoms with E-state index in [0.717, 1.165) is 36.3 Å². The van der Waals surface area contributed by atoms with E-state index < -0.39 is 0 Å². The molecule has 0 aliphatic carbocycles. The van der Waals surface area contributed by atoms with E-state index >= 15 is 0 Å². The molecule has 132 valence electrons. The molecule has 1 aliphatic heterocycles. The zero-order valence-corrected chi connectivity index (χ0v) is 14.5. The zero-order chi connectivity index (χ0) is 17.9. The summed E-state index contributed by atoms with van der Waals surface area (Å²) < 4.78 is 11.1. The van der Waals surface area contributed by atoms with Crippen LogP contribution in [-0.4, -0.2) is 34.0 Å². The molecule has 0 atom stereocenters. The minimum absolute atomic E-state index is 0.0246. The number of carbonyl (C=O) groups is 1. The standard InChI is InChI=1S/C20H19N3O3/c1-14-17(19(22-26-14)15-6-3-2-4-7-15)13-25-18-9-8-16(12-21-18)20(24)23-10-5-11-23/h2-4,6-9,12H,5,10-11,13H2,1H3. The first-order valence-corrected chi connectivity index (χ1v) is 8.61. The van der Waals surface area contributed by atoms with Crippen molar-refractivity contribution in [3.05, 3.63) is 65.5 Å². The van der Waals surface area contributed by atoms with Crippen molar-refractivity contribution in [3.63, 3.8) is 0 Å². The third-order valence-corrected chi connectivity index (χ3v) is 4.52. The molecule has 2 aromatic heterocycles. The van der Waals surface area contributed by atoms with Gasteiger partial charge in [-0.05, 0) is 19.4 Å². The van der Waals surface area contributed by atoms with Crippen LogP contribution in [0.2, 0.25) is 0 Å². The van der Waals surface area contributed by atoms with Gasteiger partial charge in [0.05, 0.1) is 11.1 Å². The number of rotatable bonds is 5. The van der Waals surface area contributed by atoms with Gasteiger partial charge in [0.15, 0.2) is 0 Å². The number of aromatic nitrogens is 2. The maximum atomic E-state index is 12.2. The number of benzene rings is 1. The van der Waals surface area contributed by atoms with Gasteiger partial charge in [0, 0.05) is 30.9 Å². The molecule has 1 aliphatic rings. The monoisotopic (exact) mass is 349 g/mol. The minimum Gasteiger partial charge on any atom is -0.473 e. The van der Waals surface area contributed by atoms with Gasteiger partial charge in [0.25, 0.3) is 5.91 Å². The molecule has 0 saturated carbocycles. The SMILES string of the molecule is Cc1onc(-c2ccccc2)c1COc1ccc(C(=O)N2CCC2)cn1. The van der Waals surface area contributed by atoms with Gasteiger partial charge in [-0.15, -0.1) is 0 Å². The Hall–Kier alpha value is -3.15. The molecule has 1 saturated heterocycles. The quantitative estimate of drug-likeness (QED) is 0.705. The molecule has 4 rings (SSSR count). The lowest BCUT2D eigenvalue weighted by atomic mass is 10.1. The molecule has 26 heavy (non-hydrogen) atoms. The summed E-state index contributed by atoms with van der Waals surface area (Å²) in [7, 11) is 0. The average Bonchev–Trinajstić information content (AvgIpc) is 3.00. The third kappa shape index (κ3) is 3.18. The van der Waals surface area contributed by atoms with Crippen LogP contribution in [-0.2, 0) is 6.61 Å². The van der Waals surface area contributed by atoms with E-state index in [2.05, 4.69) is 10.1 Å². The van der Waals surface area contributed by atoms with Crippen LogP contribution in [0.3, 0.4) is 0 Å².